The summed E-state index contributed by atoms with van der Waals surface area (Å²) < 4.78 is 0. The van der Waals surface area contributed by atoms with Gasteiger partial charge in [-0.3, -0.25) is 0 Å². The molecule has 0 saturated carbocycles. The molecule has 4 nitrogen and oxygen atoms in total. The molecule has 0 bridgehead atoms. The Hall–Kier alpha value is -0.770. The van der Waals surface area contributed by atoms with E-state index >= 15 is 0 Å². The van der Waals surface area contributed by atoms with Crippen LogP contribution in [0.4, 0.5) is 4.79 Å². The van der Waals surface area contributed by atoms with Gasteiger partial charge in [-0.05, 0) is 25.8 Å². The second kappa shape index (κ2) is 5.20. The van der Waals surface area contributed by atoms with Crippen molar-refractivity contribution >= 4 is 6.03 Å². The van der Waals surface area contributed by atoms with Gasteiger partial charge in [-0.2, -0.15) is 0 Å². The van der Waals surface area contributed by atoms with Gasteiger partial charge in [-0.15, -0.1) is 0 Å². The van der Waals surface area contributed by atoms with Crippen LogP contribution in [-0.2, 0) is 0 Å². The van der Waals surface area contributed by atoms with Gasteiger partial charge in [0.05, 0.1) is 0 Å². The molecule has 4 heteroatoms. The van der Waals surface area contributed by atoms with Crippen molar-refractivity contribution in [3.8, 4) is 0 Å². The van der Waals surface area contributed by atoms with Gasteiger partial charge in [-0.25, -0.2) is 4.79 Å². The van der Waals surface area contributed by atoms with Crippen LogP contribution < -0.4 is 5.32 Å². The molecule has 1 fully saturated rings. The number of carbonyl (C=O) groups is 1. The smallest absolute Gasteiger partial charge is 0.319 e. The van der Waals surface area contributed by atoms with E-state index in [1.165, 1.54) is 12.8 Å². The van der Waals surface area contributed by atoms with Gasteiger partial charge in [0.15, 0.2) is 0 Å². The fraction of sp³-hybridized carbons (Fsp3) is 0.900. The number of urea groups is 1. The van der Waals surface area contributed by atoms with Crippen molar-refractivity contribution in [3.05, 3.63) is 0 Å². The first-order valence-corrected chi connectivity index (χ1v) is 5.27. The molecule has 2 amide bonds. The Morgan fingerprint density at radius 2 is 2.14 bits per heavy atom. The number of hydrogen-bond acceptors (Lipinski definition) is 2. The molecule has 0 aromatic heterocycles. The summed E-state index contributed by atoms with van der Waals surface area (Å²) in [7, 11) is 5.43. The fourth-order valence-corrected chi connectivity index (χ4v) is 1.79. The minimum atomic E-state index is 0.0861. The van der Waals surface area contributed by atoms with Crippen molar-refractivity contribution in [1.29, 1.82) is 0 Å². The van der Waals surface area contributed by atoms with E-state index in [-0.39, 0.29) is 6.03 Å². The van der Waals surface area contributed by atoms with Gasteiger partial charge < -0.3 is 15.1 Å². The van der Waals surface area contributed by atoms with Gasteiger partial charge in [0, 0.05) is 33.7 Å². The lowest BCUT2D eigenvalue weighted by atomic mass is 10.1. The maximum atomic E-state index is 11.5. The molecule has 1 aliphatic rings. The number of carbonyl (C=O) groups excluding carboxylic acids is 1. The highest BCUT2D eigenvalue weighted by Gasteiger charge is 2.16. The first-order chi connectivity index (χ1) is 6.61. The molecule has 0 radical (unpaired) electrons. The first kappa shape index (κ1) is 11.3. The molecule has 0 aromatic carbocycles. The van der Waals surface area contributed by atoms with E-state index in [9.17, 15) is 4.79 Å². The van der Waals surface area contributed by atoms with Crippen molar-refractivity contribution < 1.29 is 4.79 Å². The molecule has 14 heavy (non-hydrogen) atoms. The minimum Gasteiger partial charge on any atom is -0.331 e. The van der Waals surface area contributed by atoms with Crippen LogP contribution in [0, 0.1) is 0 Å². The molecular weight excluding hydrogens is 178 g/mol. The Morgan fingerprint density at radius 1 is 1.43 bits per heavy atom. The third-order valence-electron chi connectivity index (χ3n) is 2.68. The highest BCUT2D eigenvalue weighted by molar-refractivity contribution is 5.73. The lowest BCUT2D eigenvalue weighted by Crippen LogP contribution is -2.38. The molecule has 1 rings (SSSR count). The van der Waals surface area contributed by atoms with Gasteiger partial charge >= 0.3 is 6.03 Å². The van der Waals surface area contributed by atoms with E-state index in [0.717, 1.165) is 19.5 Å². The van der Waals surface area contributed by atoms with Crippen molar-refractivity contribution in [2.75, 3.05) is 34.2 Å². The SMILES string of the molecule is CN(C)C(=O)N(C)CCC1CCCN1. The minimum absolute atomic E-state index is 0.0861. The highest BCUT2D eigenvalue weighted by atomic mass is 16.2. The lowest BCUT2D eigenvalue weighted by Gasteiger charge is -2.23. The fourth-order valence-electron chi connectivity index (χ4n) is 1.79. The number of amides is 2. The number of hydrogen-bond donors (Lipinski definition) is 1. The Balaban J connectivity index is 2.19. The Labute approximate surface area is 86.2 Å². The molecule has 1 N–H and O–H groups in total. The second-order valence-electron chi connectivity index (χ2n) is 4.18. The van der Waals surface area contributed by atoms with Crippen LogP contribution in [0.25, 0.3) is 0 Å². The van der Waals surface area contributed by atoms with E-state index in [0.29, 0.717) is 6.04 Å². The second-order valence-corrected chi connectivity index (χ2v) is 4.18. The predicted molar refractivity (Wildman–Crippen MR) is 57.4 cm³/mol. The van der Waals surface area contributed by atoms with Gasteiger partial charge in [0.2, 0.25) is 0 Å². The van der Waals surface area contributed by atoms with Gasteiger partial charge in [0.1, 0.15) is 0 Å². The van der Waals surface area contributed by atoms with E-state index < -0.39 is 0 Å². The van der Waals surface area contributed by atoms with Crippen LogP contribution >= 0.6 is 0 Å². The molecule has 82 valence electrons. The van der Waals surface area contributed by atoms with Crippen molar-refractivity contribution in [1.82, 2.24) is 15.1 Å². The summed E-state index contributed by atoms with van der Waals surface area (Å²) >= 11 is 0. The Kier molecular flexibility index (Phi) is 4.20. The van der Waals surface area contributed by atoms with E-state index in [2.05, 4.69) is 5.32 Å². The standard InChI is InChI=1S/C10H21N3O/c1-12(2)10(14)13(3)8-6-9-5-4-7-11-9/h9,11H,4-8H2,1-3H3. The molecule has 0 spiro atoms. The summed E-state index contributed by atoms with van der Waals surface area (Å²) in [5.41, 5.74) is 0. The van der Waals surface area contributed by atoms with Gasteiger partial charge in [-0.1, -0.05) is 0 Å². The Bertz CT molecular complexity index is 188. The van der Waals surface area contributed by atoms with E-state index in [4.69, 9.17) is 0 Å². The first-order valence-electron chi connectivity index (χ1n) is 5.27. The molecule has 1 unspecified atom stereocenters. The zero-order valence-corrected chi connectivity index (χ0v) is 9.42. The largest absolute Gasteiger partial charge is 0.331 e. The third-order valence-corrected chi connectivity index (χ3v) is 2.68. The average Bonchev–Trinajstić information content (AvgIpc) is 2.65. The highest BCUT2D eigenvalue weighted by Crippen LogP contribution is 2.09. The maximum absolute atomic E-state index is 11.5. The quantitative estimate of drug-likeness (QED) is 0.727. The van der Waals surface area contributed by atoms with E-state index in [1.807, 2.05) is 7.05 Å². The average molecular weight is 199 g/mol. The zero-order chi connectivity index (χ0) is 10.6. The molecular formula is C10H21N3O. The predicted octanol–water partition coefficient (Wildman–Crippen LogP) is 0.742. The molecule has 1 saturated heterocycles. The van der Waals surface area contributed by atoms with Crippen molar-refractivity contribution in [2.45, 2.75) is 25.3 Å². The summed E-state index contributed by atoms with van der Waals surface area (Å²) in [5, 5.41) is 3.43. The topological polar surface area (TPSA) is 35.6 Å². The zero-order valence-electron chi connectivity index (χ0n) is 9.42. The van der Waals surface area contributed by atoms with Crippen LogP contribution in [0.5, 0.6) is 0 Å². The van der Waals surface area contributed by atoms with Gasteiger partial charge in [0.25, 0.3) is 0 Å². The molecule has 0 aromatic rings. The molecule has 1 aliphatic heterocycles. The van der Waals surface area contributed by atoms with Crippen LogP contribution in [-0.4, -0.2) is 56.1 Å². The molecule has 0 aliphatic carbocycles. The summed E-state index contributed by atoms with van der Waals surface area (Å²) in [6.07, 6.45) is 3.59. The number of rotatable bonds is 3. The molecule has 1 atom stereocenters. The van der Waals surface area contributed by atoms with Crippen LogP contribution in [0.3, 0.4) is 0 Å². The van der Waals surface area contributed by atoms with E-state index in [1.54, 1.807) is 23.9 Å². The summed E-state index contributed by atoms with van der Waals surface area (Å²) in [5.74, 6) is 0. The normalized spacial score (nSPS) is 20.9. The third kappa shape index (κ3) is 3.18. The molecule has 1 heterocycles. The van der Waals surface area contributed by atoms with Crippen molar-refractivity contribution in [3.63, 3.8) is 0 Å². The van der Waals surface area contributed by atoms with Crippen molar-refractivity contribution in [2.24, 2.45) is 0 Å². The summed E-state index contributed by atoms with van der Waals surface area (Å²) in [6, 6.07) is 0.704. The number of nitrogens with zero attached hydrogens (tertiary/aromatic N) is 2. The number of nitrogens with one attached hydrogen (secondary N) is 1. The van der Waals surface area contributed by atoms with Crippen LogP contribution in [0.15, 0.2) is 0 Å². The summed E-state index contributed by atoms with van der Waals surface area (Å²) in [6.45, 7) is 1.98. The van der Waals surface area contributed by atoms with Crippen LogP contribution in [0.1, 0.15) is 19.3 Å². The Morgan fingerprint density at radius 3 is 2.64 bits per heavy atom. The lowest BCUT2D eigenvalue weighted by molar-refractivity contribution is 0.180. The maximum Gasteiger partial charge on any atom is 0.319 e. The monoisotopic (exact) mass is 199 g/mol. The van der Waals surface area contributed by atoms with Crippen LogP contribution in [0.2, 0.25) is 0 Å². The summed E-state index contributed by atoms with van der Waals surface area (Å²) in [4.78, 5) is 14.9.